The Morgan fingerprint density at radius 2 is 1.15 bits per heavy atom. The van der Waals surface area contributed by atoms with Gasteiger partial charge in [0.25, 0.3) is 0 Å². The van der Waals surface area contributed by atoms with Gasteiger partial charge in [-0.3, -0.25) is 19.4 Å². The van der Waals surface area contributed by atoms with Crippen LogP contribution in [0.4, 0.5) is 0 Å². The SMILES string of the molecule is O=C(OC(=O)C1CN(Cc2ccc(OCCCCCc3ccccc3)c(-c3nccs3)c2)C1)C1CN(Cc2ccc(OCCCCCc3ccccc3)c(-c3ncco3)c2)C1. The standard InChI is InChI=1S/C50H54N4O6S/c55-49(41-33-53(34-41)31-39-19-21-45(43(29-39)47-51-23-27-59-47)57-25-11-3-9-17-37-13-5-1-6-14-37)60-50(56)42-35-54(36-42)32-40-20-22-46(44(30-40)48-52-24-28-61-48)58-26-12-4-10-18-38-15-7-2-8-16-38/h1-2,5-8,13-16,19-24,27-30,41-42H,3-4,9-12,17-18,25-26,31-36H2. The molecule has 10 nitrogen and oxygen atoms in total. The van der Waals surface area contributed by atoms with E-state index in [0.717, 1.165) is 90.1 Å². The zero-order valence-corrected chi connectivity index (χ0v) is 35.5. The molecule has 0 amide bonds. The van der Waals surface area contributed by atoms with Crippen molar-refractivity contribution in [2.45, 2.75) is 64.5 Å². The summed E-state index contributed by atoms with van der Waals surface area (Å²) < 4.78 is 23.5. The minimum atomic E-state index is -0.437. The number of nitrogens with zero attached hydrogens (tertiary/aromatic N) is 4. The van der Waals surface area contributed by atoms with Gasteiger partial charge in [-0.25, -0.2) is 9.97 Å². The van der Waals surface area contributed by atoms with Crippen LogP contribution in [0, 0.1) is 11.8 Å². The van der Waals surface area contributed by atoms with Crippen molar-refractivity contribution >= 4 is 23.3 Å². The van der Waals surface area contributed by atoms with Crippen LogP contribution in [0.15, 0.2) is 126 Å². The number of aromatic nitrogens is 2. The maximum absolute atomic E-state index is 13.0. The Hall–Kier alpha value is -5.62. The maximum Gasteiger partial charge on any atom is 0.319 e. The third kappa shape index (κ3) is 11.8. The number of rotatable bonds is 22. The van der Waals surface area contributed by atoms with E-state index in [2.05, 4.69) is 86.5 Å². The quantitative estimate of drug-likeness (QED) is 0.0373. The van der Waals surface area contributed by atoms with Gasteiger partial charge in [-0.1, -0.05) is 72.8 Å². The van der Waals surface area contributed by atoms with Crippen LogP contribution in [-0.4, -0.2) is 71.1 Å². The molecule has 0 spiro atoms. The second-order valence-electron chi connectivity index (χ2n) is 16.1. The molecule has 2 saturated heterocycles. The minimum absolute atomic E-state index is 0.313. The van der Waals surface area contributed by atoms with Crippen LogP contribution in [0.5, 0.6) is 11.5 Å². The molecule has 2 aliphatic heterocycles. The highest BCUT2D eigenvalue weighted by Crippen LogP contribution is 2.35. The van der Waals surface area contributed by atoms with E-state index < -0.39 is 11.9 Å². The highest BCUT2D eigenvalue weighted by Gasteiger charge is 2.39. The zero-order chi connectivity index (χ0) is 41.6. The molecule has 61 heavy (non-hydrogen) atoms. The summed E-state index contributed by atoms with van der Waals surface area (Å²) in [5, 5.41) is 2.90. The van der Waals surface area contributed by atoms with Crippen LogP contribution in [0.1, 0.15) is 60.8 Å². The number of ether oxygens (including phenoxy) is 3. The molecule has 0 saturated carbocycles. The molecule has 0 aliphatic carbocycles. The Bertz CT molecular complexity index is 2110. The summed E-state index contributed by atoms with van der Waals surface area (Å²) in [6.07, 6.45) is 13.6. The number of hydrogen-bond acceptors (Lipinski definition) is 11. The monoisotopic (exact) mass is 838 g/mol. The van der Waals surface area contributed by atoms with E-state index in [0.29, 0.717) is 58.4 Å². The van der Waals surface area contributed by atoms with E-state index in [9.17, 15) is 9.59 Å². The number of oxazole rings is 1. The highest BCUT2D eigenvalue weighted by atomic mass is 32.1. The van der Waals surface area contributed by atoms with Gasteiger partial charge in [-0.15, -0.1) is 11.3 Å². The summed E-state index contributed by atoms with van der Waals surface area (Å²) in [7, 11) is 0. The van der Waals surface area contributed by atoms with Gasteiger partial charge in [0.15, 0.2) is 0 Å². The van der Waals surface area contributed by atoms with Crippen LogP contribution in [0.25, 0.3) is 22.0 Å². The first-order valence-electron chi connectivity index (χ1n) is 21.6. The third-order valence-electron chi connectivity index (χ3n) is 11.4. The summed E-state index contributed by atoms with van der Waals surface area (Å²) in [5.74, 6) is 0.591. The van der Waals surface area contributed by atoms with Gasteiger partial charge in [0.2, 0.25) is 5.89 Å². The summed E-state index contributed by atoms with van der Waals surface area (Å²) in [6, 6.07) is 33.5. The van der Waals surface area contributed by atoms with Crippen molar-refractivity contribution in [3.8, 4) is 33.5 Å². The fraction of sp³-hybridized carbons (Fsp3) is 0.360. The molecule has 2 aromatic heterocycles. The van der Waals surface area contributed by atoms with Crippen molar-refractivity contribution < 1.29 is 28.2 Å². The summed E-state index contributed by atoms with van der Waals surface area (Å²) in [5.41, 5.74) is 6.73. The Balaban J connectivity index is 0.743. The van der Waals surface area contributed by atoms with Gasteiger partial charge < -0.3 is 18.6 Å². The number of carbonyl (C=O) groups excluding carboxylic acids is 2. The molecule has 0 unspecified atom stereocenters. The Morgan fingerprint density at radius 1 is 0.607 bits per heavy atom. The molecular weight excluding hydrogens is 785 g/mol. The first kappa shape index (κ1) is 42.1. The Labute approximate surface area is 362 Å². The van der Waals surface area contributed by atoms with Gasteiger partial charge in [-0.2, -0.15) is 0 Å². The largest absolute Gasteiger partial charge is 0.493 e. The predicted molar refractivity (Wildman–Crippen MR) is 237 cm³/mol. The number of benzene rings is 4. The van der Waals surface area contributed by atoms with Crippen molar-refractivity contribution in [2.24, 2.45) is 11.8 Å². The molecule has 11 heteroatoms. The van der Waals surface area contributed by atoms with Crippen molar-refractivity contribution in [3.05, 3.63) is 143 Å². The average Bonchev–Trinajstić information content (AvgIpc) is 4.00. The smallest absolute Gasteiger partial charge is 0.319 e. The molecule has 0 radical (unpaired) electrons. The van der Waals surface area contributed by atoms with Gasteiger partial charge in [-0.05, 0) is 97.9 Å². The molecule has 2 aliphatic rings. The highest BCUT2D eigenvalue weighted by molar-refractivity contribution is 7.13. The lowest BCUT2D eigenvalue weighted by Gasteiger charge is -2.39. The zero-order valence-electron chi connectivity index (χ0n) is 34.7. The van der Waals surface area contributed by atoms with E-state index in [1.165, 1.54) is 11.1 Å². The molecule has 0 bridgehead atoms. The van der Waals surface area contributed by atoms with Crippen LogP contribution in [-0.2, 0) is 40.3 Å². The number of aryl methyl sites for hydroxylation is 2. The molecule has 4 heterocycles. The minimum Gasteiger partial charge on any atom is -0.493 e. The molecule has 0 atom stereocenters. The summed E-state index contributed by atoms with van der Waals surface area (Å²) >= 11 is 1.59. The Kier molecular flexibility index (Phi) is 14.7. The lowest BCUT2D eigenvalue weighted by molar-refractivity contribution is -0.172. The number of hydrogen-bond donors (Lipinski definition) is 0. The van der Waals surface area contributed by atoms with Crippen molar-refractivity contribution in [1.82, 2.24) is 19.8 Å². The predicted octanol–water partition coefficient (Wildman–Crippen LogP) is 9.68. The molecule has 2 fully saturated rings. The fourth-order valence-corrected chi connectivity index (χ4v) is 8.66. The number of thiazole rings is 1. The number of carbonyl (C=O) groups is 2. The van der Waals surface area contributed by atoms with Crippen LogP contribution >= 0.6 is 11.3 Å². The van der Waals surface area contributed by atoms with Crippen LogP contribution < -0.4 is 9.47 Å². The lowest BCUT2D eigenvalue weighted by atomic mass is 9.97. The second-order valence-corrected chi connectivity index (χ2v) is 17.0. The number of likely N-dealkylation sites (tertiary alicyclic amines) is 2. The van der Waals surface area contributed by atoms with E-state index in [4.69, 9.17) is 18.6 Å². The van der Waals surface area contributed by atoms with E-state index in [-0.39, 0.29) is 11.8 Å². The maximum atomic E-state index is 13.0. The fourth-order valence-electron chi connectivity index (χ4n) is 8.00. The molecule has 8 rings (SSSR count). The van der Waals surface area contributed by atoms with Crippen LogP contribution in [0.2, 0.25) is 0 Å². The second kappa shape index (κ2) is 21.3. The summed E-state index contributed by atoms with van der Waals surface area (Å²) in [6.45, 7) is 4.79. The number of esters is 2. The first-order chi connectivity index (χ1) is 30.0. The van der Waals surface area contributed by atoms with Crippen molar-refractivity contribution in [1.29, 1.82) is 0 Å². The Morgan fingerprint density at radius 3 is 1.66 bits per heavy atom. The van der Waals surface area contributed by atoms with Gasteiger partial charge in [0.05, 0.1) is 42.4 Å². The molecular formula is C50H54N4O6S. The lowest BCUT2D eigenvalue weighted by Crippen LogP contribution is -2.53. The van der Waals surface area contributed by atoms with Gasteiger partial charge in [0, 0.05) is 50.8 Å². The number of unbranched alkanes of at least 4 members (excludes halogenated alkanes) is 4. The molecule has 6 aromatic rings. The van der Waals surface area contributed by atoms with E-state index in [1.54, 1.807) is 23.8 Å². The average molecular weight is 839 g/mol. The third-order valence-corrected chi connectivity index (χ3v) is 12.2. The first-order valence-corrected chi connectivity index (χ1v) is 22.5. The van der Waals surface area contributed by atoms with Gasteiger partial charge in [0.1, 0.15) is 22.8 Å². The van der Waals surface area contributed by atoms with Gasteiger partial charge >= 0.3 is 11.9 Å². The van der Waals surface area contributed by atoms with E-state index in [1.807, 2.05) is 41.9 Å². The molecule has 316 valence electrons. The van der Waals surface area contributed by atoms with E-state index >= 15 is 0 Å². The summed E-state index contributed by atoms with van der Waals surface area (Å²) in [4.78, 5) is 39.3. The van der Waals surface area contributed by atoms with Crippen molar-refractivity contribution in [2.75, 3.05) is 39.4 Å². The topological polar surface area (TPSA) is 107 Å². The normalized spacial score (nSPS) is 14.6. The van der Waals surface area contributed by atoms with Crippen molar-refractivity contribution in [3.63, 3.8) is 0 Å². The molecule has 0 N–H and O–H groups in total. The van der Waals surface area contributed by atoms with Crippen LogP contribution in [0.3, 0.4) is 0 Å². The molecule has 4 aromatic carbocycles.